The molecule has 1 aliphatic heterocycles. The van der Waals surface area contributed by atoms with Gasteiger partial charge in [0.15, 0.2) is 0 Å². The Labute approximate surface area is 281 Å². The summed E-state index contributed by atoms with van der Waals surface area (Å²) in [4.78, 5) is 26.6. The fourth-order valence-electron chi connectivity index (χ4n) is 6.22. The highest BCUT2D eigenvalue weighted by molar-refractivity contribution is 6.31. The molecule has 1 atom stereocenters. The van der Waals surface area contributed by atoms with Crippen molar-refractivity contribution in [1.29, 1.82) is 0 Å². The van der Waals surface area contributed by atoms with Crippen LogP contribution in [-0.2, 0) is 29.3 Å². The number of hydrogen-bond donors (Lipinski definition) is 2. The highest BCUT2D eigenvalue weighted by atomic mass is 35.5. The Balaban J connectivity index is 1.45. The molecule has 0 aliphatic carbocycles. The number of esters is 2. The molecular weight excluding hydrogens is 612 g/mol. The number of benzene rings is 4. The van der Waals surface area contributed by atoms with Crippen molar-refractivity contribution >= 4 is 23.5 Å². The average Bonchev–Trinajstić information content (AvgIpc) is 3.11. The number of hydrogen-bond acceptors (Lipinski definition) is 7. The summed E-state index contributed by atoms with van der Waals surface area (Å²) in [6.45, 7) is 4.54. The van der Waals surface area contributed by atoms with Crippen LogP contribution in [0.2, 0.25) is 5.02 Å². The molecular formula is C39H39ClN2O5. The summed E-state index contributed by atoms with van der Waals surface area (Å²) in [6, 6.07) is 38.2. The second kappa shape index (κ2) is 15.7. The molecule has 0 bridgehead atoms. The van der Waals surface area contributed by atoms with Crippen molar-refractivity contribution in [2.45, 2.75) is 25.3 Å². The van der Waals surface area contributed by atoms with Crippen molar-refractivity contribution < 1.29 is 23.8 Å². The Morgan fingerprint density at radius 1 is 0.787 bits per heavy atom. The van der Waals surface area contributed by atoms with Crippen molar-refractivity contribution in [2.24, 2.45) is 0 Å². The first-order chi connectivity index (χ1) is 22.9. The van der Waals surface area contributed by atoms with Crippen LogP contribution in [0, 0.1) is 0 Å². The van der Waals surface area contributed by atoms with E-state index in [2.05, 4.69) is 47.0 Å². The third kappa shape index (κ3) is 7.18. The second-order valence-corrected chi connectivity index (χ2v) is 11.5. The molecule has 47 heavy (non-hydrogen) atoms. The summed E-state index contributed by atoms with van der Waals surface area (Å²) in [5, 5.41) is 7.47. The van der Waals surface area contributed by atoms with E-state index in [0.29, 0.717) is 35.1 Å². The third-order valence-electron chi connectivity index (χ3n) is 8.27. The number of methoxy groups -OCH3 is 1. The topological polar surface area (TPSA) is 85.9 Å². The standard InChI is InChI=1S/C39H39ClN2O5/c1-4-47-38(44)36-33(42-27(2)34(37(43)45-3)35(36)31-22-14-15-23-32(31)40)26-46-25-24-41-39(28-16-8-5-9-17-28,29-18-10-6-11-19-29)30-20-12-7-13-21-30/h5-23,35,41-42H,4,24-26H2,1-3H3. The van der Waals surface area contributed by atoms with Crippen LogP contribution in [0.4, 0.5) is 0 Å². The molecule has 0 saturated carbocycles. The Kier molecular flexibility index (Phi) is 11.3. The zero-order chi connectivity index (χ0) is 33.2. The molecule has 5 rings (SSSR count). The van der Waals surface area contributed by atoms with Crippen LogP contribution >= 0.6 is 11.6 Å². The molecule has 8 heteroatoms. The molecule has 4 aromatic carbocycles. The molecule has 2 N–H and O–H groups in total. The first kappa shape index (κ1) is 33.7. The smallest absolute Gasteiger partial charge is 0.336 e. The number of halogens is 1. The van der Waals surface area contributed by atoms with Crippen molar-refractivity contribution in [2.75, 3.05) is 33.5 Å². The van der Waals surface area contributed by atoms with Gasteiger partial charge in [0.25, 0.3) is 0 Å². The van der Waals surface area contributed by atoms with E-state index in [1.165, 1.54) is 7.11 Å². The molecule has 242 valence electrons. The molecule has 0 fully saturated rings. The number of rotatable bonds is 13. The summed E-state index contributed by atoms with van der Waals surface area (Å²) < 4.78 is 16.9. The summed E-state index contributed by atoms with van der Waals surface area (Å²) >= 11 is 6.64. The second-order valence-electron chi connectivity index (χ2n) is 11.0. The predicted molar refractivity (Wildman–Crippen MR) is 184 cm³/mol. The maximum atomic E-state index is 13.6. The molecule has 0 amide bonds. The van der Waals surface area contributed by atoms with Crippen molar-refractivity contribution in [3.05, 3.63) is 165 Å². The van der Waals surface area contributed by atoms with Gasteiger partial charge in [-0.1, -0.05) is 121 Å². The first-order valence-corrected chi connectivity index (χ1v) is 16.0. The van der Waals surface area contributed by atoms with Gasteiger partial charge in [0.1, 0.15) is 0 Å². The van der Waals surface area contributed by atoms with Crippen LogP contribution in [0.1, 0.15) is 42.0 Å². The molecule has 4 aromatic rings. The van der Waals surface area contributed by atoms with Gasteiger partial charge < -0.3 is 19.5 Å². The first-order valence-electron chi connectivity index (χ1n) is 15.6. The van der Waals surface area contributed by atoms with E-state index < -0.39 is 23.4 Å². The highest BCUT2D eigenvalue weighted by Crippen LogP contribution is 2.42. The van der Waals surface area contributed by atoms with Crippen molar-refractivity contribution in [3.8, 4) is 0 Å². The van der Waals surface area contributed by atoms with Gasteiger partial charge in [-0.25, -0.2) is 9.59 Å². The lowest BCUT2D eigenvalue weighted by molar-refractivity contribution is -0.139. The molecule has 1 heterocycles. The van der Waals surface area contributed by atoms with Gasteiger partial charge in [-0.3, -0.25) is 5.32 Å². The van der Waals surface area contributed by atoms with Crippen LogP contribution < -0.4 is 10.6 Å². The number of carbonyl (C=O) groups excluding carboxylic acids is 2. The summed E-state index contributed by atoms with van der Waals surface area (Å²) in [7, 11) is 1.31. The molecule has 0 spiro atoms. The predicted octanol–water partition coefficient (Wildman–Crippen LogP) is 6.89. The minimum absolute atomic E-state index is 0.0670. The number of dihydropyridines is 1. The molecule has 7 nitrogen and oxygen atoms in total. The zero-order valence-corrected chi connectivity index (χ0v) is 27.6. The van der Waals surface area contributed by atoms with E-state index in [-0.39, 0.29) is 24.4 Å². The van der Waals surface area contributed by atoms with Crippen LogP contribution in [0.25, 0.3) is 0 Å². The van der Waals surface area contributed by atoms with Gasteiger partial charge in [0.2, 0.25) is 0 Å². The fraction of sp³-hybridized carbons (Fsp3) is 0.231. The van der Waals surface area contributed by atoms with Gasteiger partial charge >= 0.3 is 11.9 Å². The Hall–Kier alpha value is -4.69. The summed E-state index contributed by atoms with van der Waals surface area (Å²) in [5.41, 5.74) is 4.82. The number of carbonyl (C=O) groups is 2. The van der Waals surface area contributed by atoms with E-state index in [4.69, 9.17) is 25.8 Å². The summed E-state index contributed by atoms with van der Waals surface area (Å²) in [6.07, 6.45) is 0. The van der Waals surface area contributed by atoms with E-state index in [9.17, 15) is 9.59 Å². The van der Waals surface area contributed by atoms with E-state index in [1.807, 2.05) is 60.7 Å². The van der Waals surface area contributed by atoms with Crippen LogP contribution in [0.15, 0.2) is 138 Å². The van der Waals surface area contributed by atoms with E-state index in [1.54, 1.807) is 32.0 Å². The molecule has 1 aliphatic rings. The lowest BCUT2D eigenvalue weighted by Crippen LogP contribution is -2.46. The number of ether oxygens (including phenoxy) is 3. The lowest BCUT2D eigenvalue weighted by Gasteiger charge is -2.37. The van der Waals surface area contributed by atoms with Gasteiger partial charge in [-0.15, -0.1) is 0 Å². The maximum Gasteiger partial charge on any atom is 0.336 e. The van der Waals surface area contributed by atoms with Gasteiger partial charge in [0, 0.05) is 17.3 Å². The van der Waals surface area contributed by atoms with Crippen LogP contribution in [0.5, 0.6) is 0 Å². The monoisotopic (exact) mass is 650 g/mol. The quantitative estimate of drug-likeness (QED) is 0.0926. The van der Waals surface area contributed by atoms with E-state index >= 15 is 0 Å². The van der Waals surface area contributed by atoms with Crippen LogP contribution in [-0.4, -0.2) is 45.4 Å². The van der Waals surface area contributed by atoms with Crippen molar-refractivity contribution in [1.82, 2.24) is 10.6 Å². The molecule has 1 unspecified atom stereocenters. The maximum absolute atomic E-state index is 13.6. The number of allylic oxidation sites excluding steroid dienone is 1. The molecule has 0 radical (unpaired) electrons. The number of nitrogens with one attached hydrogen (secondary N) is 2. The Morgan fingerprint density at radius 3 is 1.83 bits per heavy atom. The van der Waals surface area contributed by atoms with Crippen molar-refractivity contribution in [3.63, 3.8) is 0 Å². The highest BCUT2D eigenvalue weighted by Gasteiger charge is 2.40. The van der Waals surface area contributed by atoms with Gasteiger partial charge in [0.05, 0.1) is 55.2 Å². The Bertz CT molecular complexity index is 1640. The Morgan fingerprint density at radius 2 is 1.32 bits per heavy atom. The minimum atomic E-state index is -0.810. The fourth-order valence-corrected chi connectivity index (χ4v) is 6.46. The summed E-state index contributed by atoms with van der Waals surface area (Å²) in [5.74, 6) is -1.94. The largest absolute Gasteiger partial charge is 0.466 e. The van der Waals surface area contributed by atoms with E-state index in [0.717, 1.165) is 16.7 Å². The molecule has 0 aromatic heterocycles. The van der Waals surface area contributed by atoms with Gasteiger partial charge in [-0.05, 0) is 42.2 Å². The SMILES string of the molecule is CCOC(=O)C1=C(COCCNC(c2ccccc2)(c2ccccc2)c2ccccc2)NC(C)=C(C(=O)OC)C1c1ccccc1Cl. The third-order valence-corrected chi connectivity index (χ3v) is 8.61. The van der Waals surface area contributed by atoms with Gasteiger partial charge in [-0.2, -0.15) is 0 Å². The zero-order valence-electron chi connectivity index (χ0n) is 26.8. The molecule has 0 saturated heterocycles. The average molecular weight is 651 g/mol. The lowest BCUT2D eigenvalue weighted by atomic mass is 9.77. The normalized spacial score (nSPS) is 14.9. The van der Waals surface area contributed by atoms with Crippen LogP contribution in [0.3, 0.4) is 0 Å². The minimum Gasteiger partial charge on any atom is -0.466 e.